The summed E-state index contributed by atoms with van der Waals surface area (Å²) in [5.74, 6) is 0. The van der Waals surface area contributed by atoms with E-state index in [4.69, 9.17) is 10.5 Å². The van der Waals surface area contributed by atoms with E-state index < -0.39 is 0 Å². The van der Waals surface area contributed by atoms with Crippen molar-refractivity contribution in [3.63, 3.8) is 0 Å². The maximum absolute atomic E-state index is 6.17. The van der Waals surface area contributed by atoms with Crippen molar-refractivity contribution in [3.05, 3.63) is 0 Å². The van der Waals surface area contributed by atoms with Crippen LogP contribution in [0.25, 0.3) is 0 Å². The molecule has 1 fully saturated rings. The summed E-state index contributed by atoms with van der Waals surface area (Å²) in [5.41, 5.74) is 6.36. The van der Waals surface area contributed by atoms with Crippen molar-refractivity contribution in [1.29, 1.82) is 0 Å². The van der Waals surface area contributed by atoms with Gasteiger partial charge in [-0.05, 0) is 31.7 Å². The molecule has 0 amide bonds. The SMILES string of the molecule is CN(CC1CCCCO1)CC(N)C(C)(C)C. The molecule has 1 aliphatic heterocycles. The van der Waals surface area contributed by atoms with E-state index >= 15 is 0 Å². The monoisotopic (exact) mass is 228 g/mol. The molecule has 0 saturated carbocycles. The van der Waals surface area contributed by atoms with Crippen molar-refractivity contribution in [2.45, 2.75) is 52.2 Å². The molecule has 0 spiro atoms. The molecular formula is C13H28N2O. The largest absolute Gasteiger partial charge is 0.377 e. The maximum Gasteiger partial charge on any atom is 0.0701 e. The summed E-state index contributed by atoms with van der Waals surface area (Å²) in [7, 11) is 2.14. The fourth-order valence-corrected chi connectivity index (χ4v) is 1.98. The summed E-state index contributed by atoms with van der Waals surface area (Å²) in [6.45, 7) is 9.49. The molecule has 1 heterocycles. The van der Waals surface area contributed by atoms with Crippen LogP contribution in [0.2, 0.25) is 0 Å². The van der Waals surface area contributed by atoms with Gasteiger partial charge < -0.3 is 15.4 Å². The average Bonchev–Trinajstić information content (AvgIpc) is 2.17. The fraction of sp³-hybridized carbons (Fsp3) is 1.00. The Bertz CT molecular complexity index is 195. The van der Waals surface area contributed by atoms with Gasteiger partial charge in [0, 0.05) is 25.7 Å². The Morgan fingerprint density at radius 3 is 2.56 bits per heavy atom. The number of rotatable bonds is 4. The number of likely N-dealkylation sites (N-methyl/N-ethyl adjacent to an activating group) is 1. The smallest absolute Gasteiger partial charge is 0.0701 e. The van der Waals surface area contributed by atoms with Crippen molar-refractivity contribution >= 4 is 0 Å². The van der Waals surface area contributed by atoms with Crippen molar-refractivity contribution in [2.75, 3.05) is 26.7 Å². The Labute approximate surface area is 100 Å². The molecule has 3 heteroatoms. The van der Waals surface area contributed by atoms with E-state index in [0.717, 1.165) is 19.7 Å². The third-order valence-electron chi connectivity index (χ3n) is 3.41. The van der Waals surface area contributed by atoms with Gasteiger partial charge in [0.05, 0.1) is 6.10 Å². The van der Waals surface area contributed by atoms with Crippen LogP contribution >= 0.6 is 0 Å². The Morgan fingerprint density at radius 1 is 1.38 bits per heavy atom. The second kappa shape index (κ2) is 5.99. The van der Waals surface area contributed by atoms with Crippen LogP contribution in [0.5, 0.6) is 0 Å². The molecule has 1 aliphatic rings. The van der Waals surface area contributed by atoms with Crippen LogP contribution in [0.15, 0.2) is 0 Å². The highest BCUT2D eigenvalue weighted by Gasteiger charge is 2.23. The van der Waals surface area contributed by atoms with Gasteiger partial charge in [-0.25, -0.2) is 0 Å². The van der Waals surface area contributed by atoms with Crippen LogP contribution in [0.4, 0.5) is 0 Å². The topological polar surface area (TPSA) is 38.5 Å². The first-order chi connectivity index (χ1) is 7.39. The number of nitrogens with zero attached hydrogens (tertiary/aromatic N) is 1. The summed E-state index contributed by atoms with van der Waals surface area (Å²) < 4.78 is 5.73. The zero-order valence-corrected chi connectivity index (χ0v) is 11.3. The van der Waals surface area contributed by atoms with Crippen LogP contribution in [0.3, 0.4) is 0 Å². The van der Waals surface area contributed by atoms with Gasteiger partial charge in [-0.3, -0.25) is 0 Å². The molecule has 16 heavy (non-hydrogen) atoms. The highest BCUT2D eigenvalue weighted by Crippen LogP contribution is 2.19. The van der Waals surface area contributed by atoms with Crippen molar-refractivity contribution < 1.29 is 4.74 Å². The Morgan fingerprint density at radius 2 is 2.06 bits per heavy atom. The summed E-state index contributed by atoms with van der Waals surface area (Å²) in [4.78, 5) is 2.31. The molecule has 0 aromatic carbocycles. The minimum Gasteiger partial charge on any atom is -0.377 e. The third kappa shape index (κ3) is 4.81. The summed E-state index contributed by atoms with van der Waals surface area (Å²) in [6, 6.07) is 0.223. The van der Waals surface area contributed by atoms with Crippen LogP contribution in [-0.4, -0.2) is 43.8 Å². The first-order valence-corrected chi connectivity index (χ1v) is 6.45. The van der Waals surface area contributed by atoms with E-state index in [0.29, 0.717) is 6.10 Å². The van der Waals surface area contributed by atoms with Gasteiger partial charge in [0.25, 0.3) is 0 Å². The molecule has 1 rings (SSSR count). The van der Waals surface area contributed by atoms with Gasteiger partial charge >= 0.3 is 0 Å². The number of hydrogen-bond acceptors (Lipinski definition) is 3. The summed E-state index contributed by atoms with van der Waals surface area (Å²) in [6.07, 6.45) is 4.16. The first kappa shape index (κ1) is 13.9. The highest BCUT2D eigenvalue weighted by atomic mass is 16.5. The van der Waals surface area contributed by atoms with Gasteiger partial charge in [-0.2, -0.15) is 0 Å². The zero-order valence-electron chi connectivity index (χ0n) is 11.3. The summed E-state index contributed by atoms with van der Waals surface area (Å²) in [5, 5.41) is 0. The van der Waals surface area contributed by atoms with Crippen LogP contribution in [0, 0.1) is 5.41 Å². The molecule has 96 valence electrons. The molecule has 0 aromatic rings. The highest BCUT2D eigenvalue weighted by molar-refractivity contribution is 4.80. The summed E-state index contributed by atoms with van der Waals surface area (Å²) >= 11 is 0. The van der Waals surface area contributed by atoms with Gasteiger partial charge in [-0.1, -0.05) is 20.8 Å². The van der Waals surface area contributed by atoms with E-state index in [-0.39, 0.29) is 11.5 Å². The lowest BCUT2D eigenvalue weighted by Gasteiger charge is -2.33. The van der Waals surface area contributed by atoms with Gasteiger partial charge in [0.2, 0.25) is 0 Å². The van der Waals surface area contributed by atoms with E-state index in [1.54, 1.807) is 0 Å². The Hall–Kier alpha value is -0.120. The van der Waals surface area contributed by atoms with Gasteiger partial charge in [0.15, 0.2) is 0 Å². The molecule has 0 bridgehead atoms. The van der Waals surface area contributed by atoms with Crippen molar-refractivity contribution in [1.82, 2.24) is 4.90 Å². The minimum absolute atomic E-state index is 0.182. The van der Waals surface area contributed by atoms with Gasteiger partial charge in [-0.15, -0.1) is 0 Å². The second-order valence-electron chi connectivity index (χ2n) is 6.18. The number of hydrogen-bond donors (Lipinski definition) is 1. The molecular weight excluding hydrogens is 200 g/mol. The Balaban J connectivity index is 2.26. The molecule has 2 atom stereocenters. The fourth-order valence-electron chi connectivity index (χ4n) is 1.98. The molecule has 2 unspecified atom stereocenters. The third-order valence-corrected chi connectivity index (χ3v) is 3.41. The molecule has 3 nitrogen and oxygen atoms in total. The standard InChI is InChI=1S/C13H28N2O/c1-13(2,3)12(14)10-15(4)9-11-7-5-6-8-16-11/h11-12H,5-10,14H2,1-4H3. The first-order valence-electron chi connectivity index (χ1n) is 6.45. The zero-order chi connectivity index (χ0) is 12.2. The molecule has 1 saturated heterocycles. The lowest BCUT2D eigenvalue weighted by molar-refractivity contribution is -0.00362. The molecule has 0 aliphatic carbocycles. The maximum atomic E-state index is 6.17. The van der Waals surface area contributed by atoms with Crippen LogP contribution < -0.4 is 5.73 Å². The average molecular weight is 228 g/mol. The minimum atomic E-state index is 0.182. The normalized spacial score (nSPS) is 24.8. The molecule has 0 aromatic heterocycles. The second-order valence-corrected chi connectivity index (χ2v) is 6.18. The van der Waals surface area contributed by atoms with E-state index in [1.807, 2.05) is 0 Å². The van der Waals surface area contributed by atoms with E-state index in [1.165, 1.54) is 19.3 Å². The number of ether oxygens (including phenoxy) is 1. The molecule has 2 N–H and O–H groups in total. The predicted molar refractivity (Wildman–Crippen MR) is 68.5 cm³/mol. The van der Waals surface area contributed by atoms with Crippen molar-refractivity contribution in [2.24, 2.45) is 11.1 Å². The lowest BCUT2D eigenvalue weighted by atomic mass is 9.87. The lowest BCUT2D eigenvalue weighted by Crippen LogP contribution is -2.46. The van der Waals surface area contributed by atoms with E-state index in [9.17, 15) is 0 Å². The quantitative estimate of drug-likeness (QED) is 0.798. The van der Waals surface area contributed by atoms with E-state index in [2.05, 4.69) is 32.7 Å². The predicted octanol–water partition coefficient (Wildman–Crippen LogP) is 1.86. The van der Waals surface area contributed by atoms with Crippen molar-refractivity contribution in [3.8, 4) is 0 Å². The van der Waals surface area contributed by atoms with Gasteiger partial charge in [0.1, 0.15) is 0 Å². The number of nitrogens with two attached hydrogens (primary N) is 1. The Kier molecular flexibility index (Phi) is 5.22. The molecule has 0 radical (unpaired) electrons. The van der Waals surface area contributed by atoms with Crippen LogP contribution in [-0.2, 0) is 4.74 Å². The van der Waals surface area contributed by atoms with Crippen LogP contribution in [0.1, 0.15) is 40.0 Å².